The van der Waals surface area contributed by atoms with Gasteiger partial charge in [-0.15, -0.1) is 0 Å². The van der Waals surface area contributed by atoms with E-state index in [1.807, 2.05) is 0 Å². The van der Waals surface area contributed by atoms with Crippen molar-refractivity contribution in [3.05, 3.63) is 42.0 Å². The van der Waals surface area contributed by atoms with Crippen LogP contribution < -0.4 is 0 Å². The van der Waals surface area contributed by atoms with Crippen molar-refractivity contribution in [1.82, 2.24) is 9.80 Å². The number of carbonyl (C=O) groups excluding carboxylic acids is 1. The van der Waals surface area contributed by atoms with Gasteiger partial charge in [-0.1, -0.05) is 58.4 Å². The zero-order chi connectivity index (χ0) is 19.2. The molecule has 1 aliphatic heterocycles. The van der Waals surface area contributed by atoms with Crippen LogP contribution in [0.15, 0.2) is 36.4 Å². The number of piperazine rings is 1. The molecule has 4 bridgehead atoms. The van der Waals surface area contributed by atoms with E-state index in [2.05, 4.69) is 68.2 Å². The number of amides is 1. The molecule has 0 radical (unpaired) electrons. The molecular formula is C24H31BrN2O. The fourth-order valence-corrected chi connectivity index (χ4v) is 8.22. The molecule has 0 aromatic heterocycles. The molecule has 1 aromatic rings. The zero-order valence-corrected chi connectivity index (χ0v) is 18.2. The Labute approximate surface area is 177 Å². The Kier molecular flexibility index (Phi) is 4.91. The van der Waals surface area contributed by atoms with Crippen molar-refractivity contribution in [2.45, 2.75) is 42.8 Å². The molecule has 1 aromatic carbocycles. The Balaban J connectivity index is 1.17. The quantitative estimate of drug-likeness (QED) is 0.637. The van der Waals surface area contributed by atoms with Gasteiger partial charge in [0.1, 0.15) is 0 Å². The third-order valence-electron chi connectivity index (χ3n) is 7.58. The van der Waals surface area contributed by atoms with Gasteiger partial charge in [-0.2, -0.15) is 0 Å². The maximum absolute atomic E-state index is 13.6. The minimum atomic E-state index is -0.0526. The van der Waals surface area contributed by atoms with E-state index in [-0.39, 0.29) is 9.74 Å². The van der Waals surface area contributed by atoms with Crippen molar-refractivity contribution in [2.75, 3.05) is 32.7 Å². The van der Waals surface area contributed by atoms with Gasteiger partial charge in [-0.05, 0) is 55.9 Å². The number of carbonyl (C=O) groups is 1. The van der Waals surface area contributed by atoms with Crippen molar-refractivity contribution < 1.29 is 4.79 Å². The first kappa shape index (κ1) is 18.9. The second kappa shape index (κ2) is 7.28. The van der Waals surface area contributed by atoms with Crippen LogP contribution in [0.2, 0.25) is 0 Å². The number of hydrogen-bond acceptors (Lipinski definition) is 2. The van der Waals surface area contributed by atoms with Gasteiger partial charge in [0.15, 0.2) is 0 Å². The van der Waals surface area contributed by atoms with E-state index in [9.17, 15) is 4.79 Å². The number of nitrogens with zero attached hydrogens (tertiary/aromatic N) is 2. The summed E-state index contributed by atoms with van der Waals surface area (Å²) < 4.78 is 0.261. The average Bonchev–Trinajstić information content (AvgIpc) is 2.67. The lowest BCUT2D eigenvalue weighted by molar-refractivity contribution is -0.157. The topological polar surface area (TPSA) is 23.6 Å². The molecule has 1 saturated heterocycles. The molecule has 2 unspecified atom stereocenters. The highest BCUT2D eigenvalue weighted by atomic mass is 79.9. The highest BCUT2D eigenvalue weighted by molar-refractivity contribution is 9.10. The molecular weight excluding hydrogens is 412 g/mol. The molecule has 0 spiro atoms. The molecule has 6 rings (SSSR count). The van der Waals surface area contributed by atoms with Gasteiger partial charge >= 0.3 is 0 Å². The van der Waals surface area contributed by atoms with Gasteiger partial charge in [0.05, 0.1) is 5.41 Å². The Morgan fingerprint density at radius 2 is 1.71 bits per heavy atom. The molecule has 0 N–H and O–H groups in total. The number of rotatable bonds is 4. The summed E-state index contributed by atoms with van der Waals surface area (Å²) in [5, 5.41) is 0. The third-order valence-corrected chi connectivity index (χ3v) is 8.50. The standard InChI is InChI=1S/C24H31BrN2O/c25-24-16-20-13-21(17-24)15-23(14-20,18-24)22(28)27-11-9-26(10-12-27)8-4-7-19-5-2-1-3-6-19/h1-7,20-21H,8-18H2/b7-4+. The van der Waals surface area contributed by atoms with Gasteiger partial charge in [0, 0.05) is 37.0 Å². The molecule has 2 atom stereocenters. The minimum Gasteiger partial charge on any atom is -0.340 e. The molecule has 4 heteroatoms. The number of halogens is 1. The van der Waals surface area contributed by atoms with E-state index >= 15 is 0 Å². The van der Waals surface area contributed by atoms with Crippen molar-refractivity contribution in [3.8, 4) is 0 Å². The summed E-state index contributed by atoms with van der Waals surface area (Å²) in [6.45, 7) is 4.74. The molecule has 1 amide bonds. The van der Waals surface area contributed by atoms with Crippen molar-refractivity contribution in [1.29, 1.82) is 0 Å². The van der Waals surface area contributed by atoms with E-state index in [0.29, 0.717) is 5.91 Å². The van der Waals surface area contributed by atoms with E-state index in [0.717, 1.165) is 63.8 Å². The van der Waals surface area contributed by atoms with Crippen molar-refractivity contribution in [2.24, 2.45) is 17.3 Å². The lowest BCUT2D eigenvalue weighted by atomic mass is 9.49. The maximum Gasteiger partial charge on any atom is 0.228 e. The molecule has 4 aliphatic carbocycles. The monoisotopic (exact) mass is 442 g/mol. The average molecular weight is 443 g/mol. The van der Waals surface area contributed by atoms with Crippen molar-refractivity contribution in [3.63, 3.8) is 0 Å². The van der Waals surface area contributed by atoms with Crippen LogP contribution in [0.3, 0.4) is 0 Å². The SMILES string of the molecule is O=C(N1CCN(C/C=C/c2ccccc2)CC1)C12CC3CC(CC(Br)(C3)C1)C2. The normalized spacial score (nSPS) is 37.7. The lowest BCUT2D eigenvalue weighted by Gasteiger charge is -2.60. The predicted molar refractivity (Wildman–Crippen MR) is 117 cm³/mol. The number of hydrogen-bond donors (Lipinski definition) is 0. The smallest absolute Gasteiger partial charge is 0.228 e. The van der Waals surface area contributed by atoms with Crippen LogP contribution in [0.25, 0.3) is 6.08 Å². The minimum absolute atomic E-state index is 0.0526. The lowest BCUT2D eigenvalue weighted by Crippen LogP contribution is -2.61. The summed E-state index contributed by atoms with van der Waals surface area (Å²) >= 11 is 4.06. The fraction of sp³-hybridized carbons (Fsp3) is 0.625. The predicted octanol–water partition coefficient (Wildman–Crippen LogP) is 4.58. The maximum atomic E-state index is 13.6. The van der Waals surface area contributed by atoms with Crippen LogP contribution in [-0.2, 0) is 4.79 Å². The Morgan fingerprint density at radius 3 is 2.36 bits per heavy atom. The summed E-state index contributed by atoms with van der Waals surface area (Å²) in [6.07, 6.45) is 11.8. The first-order valence-corrected chi connectivity index (χ1v) is 11.8. The van der Waals surface area contributed by atoms with Crippen LogP contribution >= 0.6 is 15.9 Å². The van der Waals surface area contributed by atoms with Crippen LogP contribution in [0.4, 0.5) is 0 Å². The summed E-state index contributed by atoms with van der Waals surface area (Å²) in [5.74, 6) is 2.02. The summed E-state index contributed by atoms with van der Waals surface area (Å²) in [7, 11) is 0. The van der Waals surface area contributed by atoms with E-state index in [4.69, 9.17) is 0 Å². The zero-order valence-electron chi connectivity index (χ0n) is 16.7. The van der Waals surface area contributed by atoms with E-state index in [1.54, 1.807) is 0 Å². The van der Waals surface area contributed by atoms with Gasteiger partial charge in [0.2, 0.25) is 5.91 Å². The van der Waals surface area contributed by atoms with E-state index < -0.39 is 0 Å². The second-order valence-electron chi connectivity index (χ2n) is 9.80. The van der Waals surface area contributed by atoms with Gasteiger partial charge < -0.3 is 4.90 Å². The molecule has 150 valence electrons. The largest absolute Gasteiger partial charge is 0.340 e. The first-order valence-electron chi connectivity index (χ1n) is 11.0. The molecule has 4 saturated carbocycles. The summed E-state index contributed by atoms with van der Waals surface area (Å²) in [4.78, 5) is 18.2. The fourth-order valence-electron chi connectivity index (χ4n) is 6.77. The van der Waals surface area contributed by atoms with E-state index in [1.165, 1.54) is 24.8 Å². The molecule has 1 heterocycles. The Bertz CT molecular complexity index is 739. The Morgan fingerprint density at radius 1 is 1.04 bits per heavy atom. The molecule has 28 heavy (non-hydrogen) atoms. The van der Waals surface area contributed by atoms with Gasteiger partial charge in [-0.3, -0.25) is 9.69 Å². The van der Waals surface area contributed by atoms with Crippen LogP contribution in [0.1, 0.15) is 44.1 Å². The summed E-state index contributed by atoms with van der Waals surface area (Å²) in [6, 6.07) is 10.5. The number of benzene rings is 1. The third kappa shape index (κ3) is 3.59. The Hall–Kier alpha value is -1.13. The summed E-state index contributed by atoms with van der Waals surface area (Å²) in [5.41, 5.74) is 1.20. The molecule has 5 aliphatic rings. The molecule has 3 nitrogen and oxygen atoms in total. The highest BCUT2D eigenvalue weighted by Crippen LogP contribution is 2.64. The van der Waals surface area contributed by atoms with Gasteiger partial charge in [-0.25, -0.2) is 0 Å². The van der Waals surface area contributed by atoms with Gasteiger partial charge in [0.25, 0.3) is 0 Å². The number of alkyl halides is 1. The van der Waals surface area contributed by atoms with Crippen LogP contribution in [-0.4, -0.2) is 52.8 Å². The van der Waals surface area contributed by atoms with Crippen molar-refractivity contribution >= 4 is 27.9 Å². The molecule has 5 fully saturated rings. The highest BCUT2D eigenvalue weighted by Gasteiger charge is 2.60. The van der Waals surface area contributed by atoms with Crippen LogP contribution in [0.5, 0.6) is 0 Å². The van der Waals surface area contributed by atoms with Crippen LogP contribution in [0, 0.1) is 17.3 Å². The first-order chi connectivity index (χ1) is 13.5. The second-order valence-corrected chi connectivity index (χ2v) is 11.5.